The number of aromatic amines is 1. The van der Waals surface area contributed by atoms with E-state index >= 15 is 0 Å². The monoisotopic (exact) mass is 389 g/mol. The number of hydrogen-bond acceptors (Lipinski definition) is 4. The van der Waals surface area contributed by atoms with Gasteiger partial charge in [-0.2, -0.15) is 5.10 Å². The number of pyridine rings is 1. The number of aryl methyl sites for hydroxylation is 1. The summed E-state index contributed by atoms with van der Waals surface area (Å²) in [6.45, 7) is 10.4. The number of aromatic nitrogens is 3. The fourth-order valence-electron chi connectivity index (χ4n) is 4.02. The standard InChI is InChI=1S/C22H25N5.C2H6/c1-16-2-4-18(5-3-16)21-20(17-8-10-23-11-9-17)22(25-24-21)27-14-12-26(13-15-27)19-6-7-19;1-2/h2-5,8-11,19H,6-7,12-15H2,1H3,(H,24,25);1-2H3. The van der Waals surface area contributed by atoms with Crippen molar-refractivity contribution in [1.82, 2.24) is 20.1 Å². The molecule has 0 bridgehead atoms. The molecule has 0 radical (unpaired) electrons. The number of nitrogens with one attached hydrogen (secondary N) is 1. The van der Waals surface area contributed by atoms with Crippen molar-refractivity contribution >= 4 is 5.82 Å². The molecule has 2 aromatic heterocycles. The Morgan fingerprint density at radius 1 is 0.862 bits per heavy atom. The van der Waals surface area contributed by atoms with Crippen LogP contribution in [0.3, 0.4) is 0 Å². The summed E-state index contributed by atoms with van der Waals surface area (Å²) in [5, 5.41) is 8.09. The highest BCUT2D eigenvalue weighted by Crippen LogP contribution is 2.38. The maximum Gasteiger partial charge on any atom is 0.159 e. The van der Waals surface area contributed by atoms with Crippen molar-refractivity contribution in [3.05, 3.63) is 54.4 Å². The summed E-state index contributed by atoms with van der Waals surface area (Å²) < 4.78 is 0. The Labute approximate surface area is 173 Å². The Bertz CT molecular complexity index is 904. The first kappa shape index (κ1) is 19.6. The van der Waals surface area contributed by atoms with Crippen LogP contribution in [0.5, 0.6) is 0 Å². The number of hydrogen-bond donors (Lipinski definition) is 1. The molecule has 0 amide bonds. The number of piperazine rings is 1. The zero-order valence-electron chi connectivity index (χ0n) is 17.7. The van der Waals surface area contributed by atoms with Gasteiger partial charge in [0.15, 0.2) is 5.82 Å². The SMILES string of the molecule is CC.Cc1ccc(-c2[nH]nc(N3CCN(C4CC4)CC3)c2-c2ccncc2)cc1. The zero-order valence-corrected chi connectivity index (χ0v) is 17.7. The van der Waals surface area contributed by atoms with Gasteiger partial charge in [0.2, 0.25) is 0 Å². The van der Waals surface area contributed by atoms with Gasteiger partial charge in [0.1, 0.15) is 0 Å². The maximum atomic E-state index is 4.76. The van der Waals surface area contributed by atoms with Crippen LogP contribution in [-0.2, 0) is 0 Å². The van der Waals surface area contributed by atoms with Crippen molar-refractivity contribution in [2.45, 2.75) is 39.7 Å². The van der Waals surface area contributed by atoms with E-state index in [4.69, 9.17) is 5.10 Å². The van der Waals surface area contributed by atoms with Gasteiger partial charge in [0.25, 0.3) is 0 Å². The number of H-pyrrole nitrogens is 1. The van der Waals surface area contributed by atoms with Gasteiger partial charge in [0, 0.05) is 50.2 Å². The van der Waals surface area contributed by atoms with Crippen molar-refractivity contribution in [2.75, 3.05) is 31.1 Å². The summed E-state index contributed by atoms with van der Waals surface area (Å²) >= 11 is 0. The van der Waals surface area contributed by atoms with E-state index in [1.54, 1.807) is 0 Å². The van der Waals surface area contributed by atoms with Crippen LogP contribution >= 0.6 is 0 Å². The first-order valence-corrected chi connectivity index (χ1v) is 10.8. The summed E-state index contributed by atoms with van der Waals surface area (Å²) in [6, 6.07) is 13.6. The molecule has 1 aromatic carbocycles. The maximum absolute atomic E-state index is 4.76. The van der Waals surface area contributed by atoms with Gasteiger partial charge in [-0.1, -0.05) is 43.7 Å². The summed E-state index contributed by atoms with van der Waals surface area (Å²) in [4.78, 5) is 9.27. The largest absolute Gasteiger partial charge is 0.352 e. The predicted molar refractivity (Wildman–Crippen MR) is 120 cm³/mol. The van der Waals surface area contributed by atoms with Crippen LogP contribution in [0.4, 0.5) is 5.82 Å². The first-order chi connectivity index (χ1) is 14.3. The summed E-state index contributed by atoms with van der Waals surface area (Å²) in [6.07, 6.45) is 6.47. The van der Waals surface area contributed by atoms with Gasteiger partial charge in [-0.05, 0) is 37.5 Å². The molecule has 29 heavy (non-hydrogen) atoms. The van der Waals surface area contributed by atoms with Crippen LogP contribution in [0.15, 0.2) is 48.8 Å². The van der Waals surface area contributed by atoms with E-state index in [1.165, 1.54) is 29.5 Å². The Morgan fingerprint density at radius 3 is 2.14 bits per heavy atom. The van der Waals surface area contributed by atoms with E-state index in [-0.39, 0.29) is 0 Å². The third kappa shape index (κ3) is 4.20. The smallest absolute Gasteiger partial charge is 0.159 e. The van der Waals surface area contributed by atoms with E-state index < -0.39 is 0 Å². The lowest BCUT2D eigenvalue weighted by Gasteiger charge is -2.35. The van der Waals surface area contributed by atoms with Gasteiger partial charge in [-0.15, -0.1) is 0 Å². The molecule has 5 heteroatoms. The van der Waals surface area contributed by atoms with Crippen molar-refractivity contribution in [1.29, 1.82) is 0 Å². The number of anilines is 1. The minimum Gasteiger partial charge on any atom is -0.352 e. The molecule has 5 rings (SSSR count). The van der Waals surface area contributed by atoms with Gasteiger partial charge in [0.05, 0.1) is 11.3 Å². The number of benzene rings is 1. The molecule has 3 heterocycles. The summed E-state index contributed by atoms with van der Waals surface area (Å²) in [5.74, 6) is 1.06. The summed E-state index contributed by atoms with van der Waals surface area (Å²) in [7, 11) is 0. The van der Waals surface area contributed by atoms with Gasteiger partial charge in [-0.3, -0.25) is 15.0 Å². The van der Waals surface area contributed by atoms with Gasteiger partial charge < -0.3 is 4.90 Å². The molecule has 1 aliphatic heterocycles. The zero-order chi connectivity index (χ0) is 20.2. The quantitative estimate of drug-likeness (QED) is 0.699. The first-order valence-electron chi connectivity index (χ1n) is 10.8. The average molecular weight is 390 g/mol. The molecule has 2 fully saturated rings. The Balaban J connectivity index is 0.000000994. The highest BCUT2D eigenvalue weighted by molar-refractivity contribution is 5.89. The lowest BCUT2D eigenvalue weighted by molar-refractivity contribution is 0.247. The lowest BCUT2D eigenvalue weighted by atomic mass is 10.0. The highest BCUT2D eigenvalue weighted by Gasteiger charge is 2.32. The third-order valence-electron chi connectivity index (χ3n) is 5.73. The van der Waals surface area contributed by atoms with Crippen LogP contribution in [-0.4, -0.2) is 52.3 Å². The van der Waals surface area contributed by atoms with Crippen molar-refractivity contribution in [2.24, 2.45) is 0 Å². The second-order valence-corrected chi connectivity index (χ2v) is 7.65. The molecule has 1 N–H and O–H groups in total. The molecule has 1 saturated carbocycles. The molecular weight excluding hydrogens is 358 g/mol. The molecule has 0 spiro atoms. The normalized spacial score (nSPS) is 17.0. The average Bonchev–Trinajstić information content (AvgIpc) is 3.55. The molecule has 3 aromatic rings. The highest BCUT2D eigenvalue weighted by atomic mass is 15.3. The van der Waals surface area contributed by atoms with Crippen molar-refractivity contribution < 1.29 is 0 Å². The molecule has 152 valence electrons. The van der Waals surface area contributed by atoms with Gasteiger partial charge in [-0.25, -0.2) is 0 Å². The second kappa shape index (κ2) is 8.78. The van der Waals surface area contributed by atoms with E-state index in [0.717, 1.165) is 49.3 Å². The van der Waals surface area contributed by atoms with E-state index in [1.807, 2.05) is 26.2 Å². The van der Waals surface area contributed by atoms with Crippen LogP contribution in [0.1, 0.15) is 32.3 Å². The second-order valence-electron chi connectivity index (χ2n) is 7.65. The van der Waals surface area contributed by atoms with E-state index in [0.29, 0.717) is 0 Å². The minimum atomic E-state index is 0.842. The van der Waals surface area contributed by atoms with Crippen LogP contribution in [0.25, 0.3) is 22.4 Å². The van der Waals surface area contributed by atoms with Crippen molar-refractivity contribution in [3.8, 4) is 22.4 Å². The van der Waals surface area contributed by atoms with E-state index in [9.17, 15) is 0 Å². The lowest BCUT2D eigenvalue weighted by Crippen LogP contribution is -2.47. The fraction of sp³-hybridized carbons (Fsp3) is 0.417. The van der Waals surface area contributed by atoms with Crippen molar-refractivity contribution in [3.63, 3.8) is 0 Å². The number of rotatable bonds is 4. The Kier molecular flexibility index (Phi) is 5.95. The third-order valence-corrected chi connectivity index (χ3v) is 5.73. The summed E-state index contributed by atoms with van der Waals surface area (Å²) in [5.41, 5.74) is 5.86. The van der Waals surface area contributed by atoms with Crippen LogP contribution in [0, 0.1) is 6.92 Å². The Morgan fingerprint density at radius 2 is 1.52 bits per heavy atom. The topological polar surface area (TPSA) is 48.1 Å². The predicted octanol–water partition coefficient (Wildman–Crippen LogP) is 4.76. The molecule has 1 saturated heterocycles. The molecule has 2 aliphatic rings. The fourth-order valence-corrected chi connectivity index (χ4v) is 4.02. The Hall–Kier alpha value is -2.66. The molecule has 0 unspecified atom stereocenters. The van der Waals surface area contributed by atoms with Crippen LogP contribution in [0.2, 0.25) is 0 Å². The molecule has 1 aliphatic carbocycles. The molecule has 5 nitrogen and oxygen atoms in total. The van der Waals surface area contributed by atoms with Gasteiger partial charge >= 0.3 is 0 Å². The molecule has 0 atom stereocenters. The number of nitrogens with zero attached hydrogens (tertiary/aromatic N) is 4. The minimum absolute atomic E-state index is 0.842. The van der Waals surface area contributed by atoms with E-state index in [2.05, 4.69) is 63.2 Å². The molecular formula is C24H31N5. The van der Waals surface area contributed by atoms with Crippen LogP contribution < -0.4 is 4.90 Å².